The Kier molecular flexibility index (Phi) is 5.33. The van der Waals surface area contributed by atoms with Gasteiger partial charge in [-0.25, -0.2) is 0 Å². The Bertz CT molecular complexity index is 535. The fourth-order valence-corrected chi connectivity index (χ4v) is 3.16. The summed E-state index contributed by atoms with van der Waals surface area (Å²) in [4.78, 5) is 14.3. The maximum absolute atomic E-state index is 12.5. The number of carbonyl (C=O) groups is 1. The molecule has 0 radical (unpaired) electrons. The van der Waals surface area contributed by atoms with Gasteiger partial charge in [-0.05, 0) is 26.4 Å². The van der Waals surface area contributed by atoms with E-state index >= 15 is 0 Å². The molecular formula is C15H23F3N4O. The quantitative estimate of drug-likeness (QED) is 0.872. The number of likely N-dealkylation sites (N-methyl/N-ethyl adjacent to an activating group) is 1. The molecule has 23 heavy (non-hydrogen) atoms. The van der Waals surface area contributed by atoms with Gasteiger partial charge in [-0.3, -0.25) is 14.8 Å². The highest BCUT2D eigenvalue weighted by Crippen LogP contribution is 2.32. The Morgan fingerprint density at radius 3 is 2.57 bits per heavy atom. The molecule has 1 saturated carbocycles. The van der Waals surface area contributed by atoms with Crippen LogP contribution in [-0.2, 0) is 6.18 Å². The van der Waals surface area contributed by atoms with Gasteiger partial charge < -0.3 is 5.32 Å². The molecule has 1 aromatic heterocycles. The number of H-pyrrole nitrogens is 1. The van der Waals surface area contributed by atoms with Crippen molar-refractivity contribution in [2.45, 2.75) is 50.7 Å². The van der Waals surface area contributed by atoms with Crippen LogP contribution in [0.1, 0.15) is 55.2 Å². The molecule has 0 saturated heterocycles. The number of alkyl halides is 3. The Morgan fingerprint density at radius 2 is 2.04 bits per heavy atom. The molecular weight excluding hydrogens is 309 g/mol. The van der Waals surface area contributed by atoms with Gasteiger partial charge in [0.25, 0.3) is 5.91 Å². The van der Waals surface area contributed by atoms with Crippen molar-refractivity contribution in [1.82, 2.24) is 20.4 Å². The summed E-state index contributed by atoms with van der Waals surface area (Å²) >= 11 is 0. The number of hydrogen-bond acceptors (Lipinski definition) is 3. The van der Waals surface area contributed by atoms with E-state index in [0.717, 1.165) is 38.3 Å². The summed E-state index contributed by atoms with van der Waals surface area (Å²) in [5.74, 6) is -0.578. The topological polar surface area (TPSA) is 61.0 Å². The first-order chi connectivity index (χ1) is 10.8. The van der Waals surface area contributed by atoms with E-state index in [2.05, 4.69) is 22.2 Å². The third-order valence-corrected chi connectivity index (χ3v) is 4.76. The maximum Gasteiger partial charge on any atom is 0.432 e. The molecule has 5 nitrogen and oxygen atoms in total. The molecule has 1 aromatic rings. The molecule has 2 rings (SSSR count). The fraction of sp³-hybridized carbons (Fsp3) is 0.733. The predicted octanol–water partition coefficient (Wildman–Crippen LogP) is 2.81. The average molecular weight is 332 g/mol. The first-order valence-electron chi connectivity index (χ1n) is 7.90. The molecule has 1 amide bonds. The van der Waals surface area contributed by atoms with Gasteiger partial charge in [0.05, 0.1) is 0 Å². The smallest absolute Gasteiger partial charge is 0.349 e. The zero-order valence-corrected chi connectivity index (χ0v) is 13.5. The molecule has 0 atom stereocenters. The minimum absolute atomic E-state index is 0.119. The van der Waals surface area contributed by atoms with Crippen LogP contribution in [-0.4, -0.2) is 46.7 Å². The summed E-state index contributed by atoms with van der Waals surface area (Å²) in [5, 5.41) is 8.08. The molecule has 130 valence electrons. The van der Waals surface area contributed by atoms with Gasteiger partial charge >= 0.3 is 6.18 Å². The second-order valence-electron chi connectivity index (χ2n) is 6.15. The van der Waals surface area contributed by atoms with Crippen molar-refractivity contribution < 1.29 is 18.0 Å². The van der Waals surface area contributed by atoms with Crippen LogP contribution >= 0.6 is 0 Å². The van der Waals surface area contributed by atoms with Gasteiger partial charge in [-0.15, -0.1) is 0 Å². The van der Waals surface area contributed by atoms with E-state index in [4.69, 9.17) is 0 Å². The first-order valence-corrected chi connectivity index (χ1v) is 7.90. The number of nitrogens with one attached hydrogen (secondary N) is 2. The van der Waals surface area contributed by atoms with Crippen LogP contribution in [0.5, 0.6) is 0 Å². The highest BCUT2D eigenvalue weighted by molar-refractivity contribution is 5.92. The molecule has 0 unspecified atom stereocenters. The van der Waals surface area contributed by atoms with E-state index in [0.29, 0.717) is 6.54 Å². The number of amides is 1. The van der Waals surface area contributed by atoms with Crippen LogP contribution in [0.3, 0.4) is 0 Å². The fourth-order valence-electron chi connectivity index (χ4n) is 3.16. The lowest BCUT2D eigenvalue weighted by molar-refractivity contribution is -0.141. The summed E-state index contributed by atoms with van der Waals surface area (Å²) < 4.78 is 37.6. The van der Waals surface area contributed by atoms with Crippen LogP contribution in [0.4, 0.5) is 13.2 Å². The standard InChI is InChI=1S/C15H23F3N4O/c1-3-22(2)14(7-5-4-6-8-14)10-19-13(23)11-9-12(21-20-11)15(16,17)18/h9H,3-8,10H2,1-2H3,(H,19,23)(H,20,21). The summed E-state index contributed by atoms with van der Waals surface area (Å²) in [6.07, 6.45) is 0.805. The molecule has 0 bridgehead atoms. The Hall–Kier alpha value is -1.57. The van der Waals surface area contributed by atoms with Crippen LogP contribution in [0.2, 0.25) is 0 Å². The third kappa shape index (κ3) is 4.04. The summed E-state index contributed by atoms with van der Waals surface area (Å²) in [6.45, 7) is 3.34. The number of carbonyl (C=O) groups excluding carboxylic acids is 1. The van der Waals surface area contributed by atoms with E-state index in [1.807, 2.05) is 12.1 Å². The monoisotopic (exact) mass is 332 g/mol. The average Bonchev–Trinajstić information content (AvgIpc) is 3.03. The van der Waals surface area contributed by atoms with E-state index < -0.39 is 17.8 Å². The number of aromatic amines is 1. The summed E-state index contributed by atoms with van der Waals surface area (Å²) in [7, 11) is 2.02. The predicted molar refractivity (Wildman–Crippen MR) is 80.0 cm³/mol. The normalized spacial score (nSPS) is 18.2. The van der Waals surface area contributed by atoms with E-state index in [1.54, 1.807) is 0 Å². The van der Waals surface area contributed by atoms with Crippen LogP contribution in [0, 0.1) is 0 Å². The number of aromatic nitrogens is 2. The van der Waals surface area contributed by atoms with Gasteiger partial charge in [-0.1, -0.05) is 26.2 Å². The van der Waals surface area contributed by atoms with Crippen molar-refractivity contribution in [2.75, 3.05) is 20.1 Å². The van der Waals surface area contributed by atoms with E-state index in [1.165, 1.54) is 6.42 Å². The lowest BCUT2D eigenvalue weighted by atomic mass is 9.80. The molecule has 2 N–H and O–H groups in total. The lowest BCUT2D eigenvalue weighted by Crippen LogP contribution is -2.55. The highest BCUT2D eigenvalue weighted by Gasteiger charge is 2.37. The van der Waals surface area contributed by atoms with Crippen LogP contribution < -0.4 is 5.32 Å². The zero-order valence-electron chi connectivity index (χ0n) is 13.5. The maximum atomic E-state index is 12.5. The zero-order chi connectivity index (χ0) is 17.1. The number of rotatable bonds is 5. The SMILES string of the molecule is CCN(C)C1(CNC(=O)c2cc(C(F)(F)F)[nH]n2)CCCCC1. The summed E-state index contributed by atoms with van der Waals surface area (Å²) in [6, 6.07) is 0.742. The molecule has 1 aliphatic carbocycles. The molecule has 0 aliphatic heterocycles. The Morgan fingerprint density at radius 1 is 1.39 bits per heavy atom. The van der Waals surface area contributed by atoms with Gasteiger partial charge in [0, 0.05) is 18.2 Å². The van der Waals surface area contributed by atoms with Crippen molar-refractivity contribution >= 4 is 5.91 Å². The van der Waals surface area contributed by atoms with Crippen molar-refractivity contribution in [3.05, 3.63) is 17.5 Å². The van der Waals surface area contributed by atoms with Gasteiger partial charge in [0.15, 0.2) is 5.69 Å². The third-order valence-electron chi connectivity index (χ3n) is 4.76. The largest absolute Gasteiger partial charge is 0.432 e. The van der Waals surface area contributed by atoms with E-state index in [-0.39, 0.29) is 11.2 Å². The van der Waals surface area contributed by atoms with Gasteiger partial charge in [-0.2, -0.15) is 18.3 Å². The second-order valence-corrected chi connectivity index (χ2v) is 6.15. The van der Waals surface area contributed by atoms with Crippen molar-refractivity contribution in [3.8, 4) is 0 Å². The number of nitrogens with zero attached hydrogens (tertiary/aromatic N) is 2. The lowest BCUT2D eigenvalue weighted by Gasteiger charge is -2.44. The van der Waals surface area contributed by atoms with Gasteiger partial charge in [0.2, 0.25) is 0 Å². The molecule has 1 aliphatic rings. The van der Waals surface area contributed by atoms with Gasteiger partial charge in [0.1, 0.15) is 5.69 Å². The van der Waals surface area contributed by atoms with E-state index in [9.17, 15) is 18.0 Å². The minimum atomic E-state index is -4.53. The van der Waals surface area contributed by atoms with Crippen molar-refractivity contribution in [1.29, 1.82) is 0 Å². The number of hydrogen-bond donors (Lipinski definition) is 2. The van der Waals surface area contributed by atoms with Crippen LogP contribution in [0.15, 0.2) is 6.07 Å². The molecule has 0 aromatic carbocycles. The molecule has 8 heteroatoms. The minimum Gasteiger partial charge on any atom is -0.349 e. The number of halogens is 3. The Labute approximate surface area is 133 Å². The molecule has 1 heterocycles. The second kappa shape index (κ2) is 6.90. The first kappa shape index (κ1) is 17.8. The molecule has 0 spiro atoms. The Balaban J connectivity index is 2.03. The molecule has 1 fully saturated rings. The van der Waals surface area contributed by atoms with Crippen molar-refractivity contribution in [2.24, 2.45) is 0 Å². The summed E-state index contributed by atoms with van der Waals surface area (Å²) in [5.41, 5.74) is -1.37. The highest BCUT2D eigenvalue weighted by atomic mass is 19.4. The van der Waals surface area contributed by atoms with Crippen LogP contribution in [0.25, 0.3) is 0 Å². The van der Waals surface area contributed by atoms with Crippen molar-refractivity contribution in [3.63, 3.8) is 0 Å².